The quantitative estimate of drug-likeness (QED) is 0.780. The first kappa shape index (κ1) is 19.0. The van der Waals surface area contributed by atoms with E-state index in [4.69, 9.17) is 0 Å². The molecule has 4 aliphatic rings. The Morgan fingerprint density at radius 1 is 1.00 bits per heavy atom. The fourth-order valence-electron chi connectivity index (χ4n) is 6.05. The van der Waals surface area contributed by atoms with Crippen LogP contribution < -0.4 is 5.32 Å². The Balaban J connectivity index is 1.26. The van der Waals surface area contributed by atoms with E-state index in [1.165, 1.54) is 6.42 Å². The van der Waals surface area contributed by atoms with Crippen LogP contribution in [0.2, 0.25) is 0 Å². The van der Waals surface area contributed by atoms with Crippen molar-refractivity contribution in [3.63, 3.8) is 0 Å². The lowest BCUT2D eigenvalue weighted by Crippen LogP contribution is -2.58. The van der Waals surface area contributed by atoms with Gasteiger partial charge in [0.2, 0.25) is 5.91 Å². The lowest BCUT2D eigenvalue weighted by Gasteiger charge is -2.52. The zero-order valence-electron chi connectivity index (χ0n) is 16.5. The summed E-state index contributed by atoms with van der Waals surface area (Å²) < 4.78 is 0. The van der Waals surface area contributed by atoms with Crippen molar-refractivity contribution in [3.8, 4) is 0 Å². The lowest BCUT2D eigenvalue weighted by atomic mass is 9.64. The Labute approximate surface area is 162 Å². The van der Waals surface area contributed by atoms with Gasteiger partial charge in [-0.15, -0.1) is 0 Å². The summed E-state index contributed by atoms with van der Waals surface area (Å²) in [6.45, 7) is 4.73. The largest absolute Gasteiger partial charge is 0.465 e. The summed E-state index contributed by atoms with van der Waals surface area (Å²) in [7, 11) is 1.75. The van der Waals surface area contributed by atoms with E-state index in [2.05, 4.69) is 15.1 Å². The second kappa shape index (κ2) is 7.59. The van der Waals surface area contributed by atoms with Gasteiger partial charge < -0.3 is 20.2 Å². The van der Waals surface area contributed by atoms with E-state index >= 15 is 0 Å². The van der Waals surface area contributed by atoms with Crippen molar-refractivity contribution in [2.45, 2.75) is 69.5 Å². The van der Waals surface area contributed by atoms with Gasteiger partial charge in [-0.2, -0.15) is 0 Å². The molecule has 3 saturated heterocycles. The molecular formula is C20H34N4O3. The van der Waals surface area contributed by atoms with E-state index in [0.717, 1.165) is 71.1 Å². The number of hydrogen-bond acceptors (Lipinski definition) is 4. The van der Waals surface area contributed by atoms with Crippen LogP contribution in [0.3, 0.4) is 0 Å². The zero-order chi connectivity index (χ0) is 19.0. The zero-order valence-corrected chi connectivity index (χ0v) is 16.5. The van der Waals surface area contributed by atoms with Crippen LogP contribution in [0.5, 0.6) is 0 Å². The summed E-state index contributed by atoms with van der Waals surface area (Å²) in [4.78, 5) is 30.1. The Morgan fingerprint density at radius 2 is 1.74 bits per heavy atom. The first-order valence-corrected chi connectivity index (χ1v) is 10.7. The molecule has 0 bridgehead atoms. The van der Waals surface area contributed by atoms with Gasteiger partial charge in [-0.3, -0.25) is 9.69 Å². The molecule has 4 fully saturated rings. The van der Waals surface area contributed by atoms with E-state index in [9.17, 15) is 14.7 Å². The second-order valence-electron chi connectivity index (χ2n) is 9.15. The maximum absolute atomic E-state index is 12.3. The average molecular weight is 379 g/mol. The summed E-state index contributed by atoms with van der Waals surface area (Å²) >= 11 is 0. The molecule has 0 radical (unpaired) electrons. The molecule has 1 atom stereocenters. The van der Waals surface area contributed by atoms with Crippen LogP contribution >= 0.6 is 0 Å². The van der Waals surface area contributed by atoms with E-state index < -0.39 is 6.09 Å². The third kappa shape index (κ3) is 3.68. The summed E-state index contributed by atoms with van der Waals surface area (Å²) in [5.74, 6) is 0.183. The van der Waals surface area contributed by atoms with E-state index in [-0.39, 0.29) is 17.4 Å². The normalized spacial score (nSPS) is 36.0. The fraction of sp³-hybridized carbons (Fsp3) is 0.900. The molecule has 2 amide bonds. The third-order valence-corrected chi connectivity index (χ3v) is 7.62. The molecule has 152 valence electrons. The SMILES string of the molecule is CNC(=O)[C@H]1CCCCN1C1CCN(C2CC3(CCN(C(=O)O)C3)C2)CC1. The first-order chi connectivity index (χ1) is 13.0. The highest BCUT2D eigenvalue weighted by Gasteiger charge is 2.51. The van der Waals surface area contributed by atoms with Crippen LogP contribution in [-0.4, -0.2) is 89.7 Å². The lowest BCUT2D eigenvalue weighted by molar-refractivity contribution is -0.129. The van der Waals surface area contributed by atoms with Crippen molar-refractivity contribution in [1.82, 2.24) is 20.0 Å². The van der Waals surface area contributed by atoms with Gasteiger partial charge in [0.1, 0.15) is 0 Å². The number of carbonyl (C=O) groups is 2. The smallest absolute Gasteiger partial charge is 0.407 e. The van der Waals surface area contributed by atoms with Gasteiger partial charge in [-0.05, 0) is 70.0 Å². The van der Waals surface area contributed by atoms with Gasteiger partial charge in [0.15, 0.2) is 0 Å². The van der Waals surface area contributed by atoms with Gasteiger partial charge in [-0.1, -0.05) is 6.42 Å². The van der Waals surface area contributed by atoms with Gasteiger partial charge in [0.05, 0.1) is 6.04 Å². The fourth-order valence-corrected chi connectivity index (χ4v) is 6.05. The van der Waals surface area contributed by atoms with Crippen molar-refractivity contribution >= 4 is 12.0 Å². The van der Waals surface area contributed by atoms with Gasteiger partial charge >= 0.3 is 6.09 Å². The monoisotopic (exact) mass is 378 g/mol. The topological polar surface area (TPSA) is 76.1 Å². The molecule has 1 aliphatic carbocycles. The standard InChI is InChI=1S/C20H34N4O3/c1-21-18(25)17-4-2-3-8-24(17)15-5-9-22(10-6-15)16-12-20(13-16)7-11-23(14-20)19(26)27/h15-17H,2-14H2,1H3,(H,21,25)(H,26,27)/t16?,17-,20?/m1/s1. The number of nitrogens with zero attached hydrogens (tertiary/aromatic N) is 3. The molecule has 1 spiro atoms. The molecule has 3 aliphatic heterocycles. The molecule has 1 saturated carbocycles. The minimum absolute atomic E-state index is 0.0627. The van der Waals surface area contributed by atoms with Crippen molar-refractivity contribution in [1.29, 1.82) is 0 Å². The van der Waals surface area contributed by atoms with Crippen molar-refractivity contribution in [2.24, 2.45) is 5.41 Å². The molecule has 27 heavy (non-hydrogen) atoms. The summed E-state index contributed by atoms with van der Waals surface area (Å²) in [5, 5.41) is 12.0. The maximum Gasteiger partial charge on any atom is 0.407 e. The number of likely N-dealkylation sites (tertiary alicyclic amines) is 3. The number of piperidine rings is 2. The number of amides is 2. The van der Waals surface area contributed by atoms with Gasteiger partial charge in [0.25, 0.3) is 0 Å². The van der Waals surface area contributed by atoms with Crippen LogP contribution in [0.4, 0.5) is 4.79 Å². The molecule has 0 aromatic heterocycles. The van der Waals surface area contributed by atoms with E-state index in [1.54, 1.807) is 11.9 Å². The van der Waals surface area contributed by atoms with Crippen molar-refractivity contribution in [3.05, 3.63) is 0 Å². The Morgan fingerprint density at radius 3 is 2.37 bits per heavy atom. The highest BCUT2D eigenvalue weighted by molar-refractivity contribution is 5.81. The number of carbonyl (C=O) groups excluding carboxylic acids is 1. The number of rotatable bonds is 3. The van der Waals surface area contributed by atoms with Gasteiger partial charge in [-0.25, -0.2) is 4.79 Å². The number of likely N-dealkylation sites (N-methyl/N-ethyl adjacent to an activating group) is 1. The molecular weight excluding hydrogens is 344 g/mol. The van der Waals surface area contributed by atoms with E-state index in [0.29, 0.717) is 18.6 Å². The first-order valence-electron chi connectivity index (χ1n) is 10.7. The number of nitrogens with one attached hydrogen (secondary N) is 1. The third-order valence-electron chi connectivity index (χ3n) is 7.62. The Bertz CT molecular complexity index is 570. The Kier molecular flexibility index (Phi) is 5.34. The maximum atomic E-state index is 12.3. The van der Waals surface area contributed by atoms with Gasteiger partial charge in [0, 0.05) is 32.2 Å². The molecule has 7 heteroatoms. The minimum Gasteiger partial charge on any atom is -0.465 e. The molecule has 3 heterocycles. The van der Waals surface area contributed by atoms with Crippen LogP contribution in [0.1, 0.15) is 51.4 Å². The van der Waals surface area contributed by atoms with Crippen LogP contribution in [0.15, 0.2) is 0 Å². The Hall–Kier alpha value is -1.34. The number of carboxylic acid groups (broad SMARTS) is 1. The molecule has 0 aromatic carbocycles. The summed E-state index contributed by atoms with van der Waals surface area (Å²) in [6.07, 6.45) is 8.25. The predicted octanol–water partition coefficient (Wildman–Crippen LogP) is 1.58. The van der Waals surface area contributed by atoms with Crippen LogP contribution in [0, 0.1) is 5.41 Å². The highest BCUT2D eigenvalue weighted by Crippen LogP contribution is 2.50. The molecule has 7 nitrogen and oxygen atoms in total. The average Bonchev–Trinajstić information content (AvgIpc) is 3.13. The van der Waals surface area contributed by atoms with Crippen LogP contribution in [0.25, 0.3) is 0 Å². The van der Waals surface area contributed by atoms with Crippen LogP contribution in [-0.2, 0) is 4.79 Å². The molecule has 2 N–H and O–H groups in total. The molecule has 4 rings (SSSR count). The predicted molar refractivity (Wildman–Crippen MR) is 103 cm³/mol. The number of hydrogen-bond donors (Lipinski definition) is 2. The molecule has 0 unspecified atom stereocenters. The van der Waals surface area contributed by atoms with Crippen molar-refractivity contribution < 1.29 is 14.7 Å². The highest BCUT2D eigenvalue weighted by atomic mass is 16.4. The minimum atomic E-state index is -0.761. The summed E-state index contributed by atoms with van der Waals surface area (Å²) in [6, 6.07) is 1.23. The van der Waals surface area contributed by atoms with Crippen molar-refractivity contribution in [2.75, 3.05) is 39.8 Å². The second-order valence-corrected chi connectivity index (χ2v) is 9.15. The van der Waals surface area contributed by atoms with E-state index in [1.807, 2.05) is 0 Å². The summed E-state index contributed by atoms with van der Waals surface area (Å²) in [5.41, 5.74) is 0.261. The molecule has 0 aromatic rings.